The molecule has 2 aromatic rings. The van der Waals surface area contributed by atoms with Gasteiger partial charge in [0.2, 0.25) is 5.91 Å². The number of anilines is 1. The maximum Gasteiger partial charge on any atom is 0.294 e. The summed E-state index contributed by atoms with van der Waals surface area (Å²) in [5.41, 5.74) is 0.996. The number of carbonyl (C=O) groups excluding carboxylic acids is 2. The lowest BCUT2D eigenvalue weighted by atomic mass is 9.95. The Morgan fingerprint density at radius 2 is 2.05 bits per heavy atom. The smallest absolute Gasteiger partial charge is 0.294 e. The fourth-order valence-corrected chi connectivity index (χ4v) is 2.25. The second-order valence-electron chi connectivity index (χ2n) is 4.56. The molecule has 0 bridgehead atoms. The molecule has 1 amide bonds. The van der Waals surface area contributed by atoms with Crippen molar-refractivity contribution in [2.24, 2.45) is 0 Å². The van der Waals surface area contributed by atoms with Crippen LogP contribution in [-0.2, 0) is 4.79 Å². The Hall–Kier alpha value is -3.09. The third-order valence-corrected chi connectivity index (χ3v) is 3.20. The molecule has 0 saturated carbocycles. The number of fused-ring (bicyclic) bond motifs is 1. The van der Waals surface area contributed by atoms with Crippen LogP contribution in [0.15, 0.2) is 36.7 Å². The normalized spacial score (nSPS) is 13.5. The van der Waals surface area contributed by atoms with Crippen LogP contribution in [0.1, 0.15) is 16.8 Å². The monoisotopic (exact) mass is 283 g/mol. The van der Waals surface area contributed by atoms with Crippen LogP contribution in [-0.4, -0.2) is 21.6 Å². The van der Waals surface area contributed by atoms with Gasteiger partial charge in [0.15, 0.2) is 5.78 Å². The van der Waals surface area contributed by atoms with Gasteiger partial charge in [0, 0.05) is 29.6 Å². The molecular formula is C14H9N3O4. The van der Waals surface area contributed by atoms with Gasteiger partial charge in [-0.3, -0.25) is 24.7 Å². The first-order valence-corrected chi connectivity index (χ1v) is 6.12. The van der Waals surface area contributed by atoms with Crippen molar-refractivity contribution >= 4 is 23.1 Å². The van der Waals surface area contributed by atoms with Crippen molar-refractivity contribution in [3.05, 3.63) is 52.3 Å². The lowest BCUT2D eigenvalue weighted by Gasteiger charge is -2.17. The molecule has 1 aromatic heterocycles. The molecule has 3 rings (SSSR count). The number of amides is 1. The zero-order valence-electron chi connectivity index (χ0n) is 10.7. The summed E-state index contributed by atoms with van der Waals surface area (Å²) in [6.07, 6.45) is 2.83. The second-order valence-corrected chi connectivity index (χ2v) is 4.56. The van der Waals surface area contributed by atoms with Gasteiger partial charge in [-0.05, 0) is 17.7 Å². The predicted octanol–water partition coefficient (Wildman–Crippen LogP) is 2.18. The Balaban J connectivity index is 2.25. The largest absolute Gasteiger partial charge is 0.319 e. The molecule has 2 heterocycles. The van der Waals surface area contributed by atoms with E-state index in [9.17, 15) is 19.7 Å². The van der Waals surface area contributed by atoms with Crippen LogP contribution in [0.2, 0.25) is 0 Å². The molecule has 0 aliphatic carbocycles. The first kappa shape index (κ1) is 12.9. The number of pyridine rings is 1. The number of nitro benzene ring substituents is 1. The Morgan fingerprint density at radius 3 is 2.71 bits per heavy atom. The standard InChI is InChI=1S/C14H9N3O4/c18-12-6-13(19)16-14-10(12)4-9(5-11(14)17(20)21)8-2-1-3-15-7-8/h1-5,7H,6H2,(H,16,19). The molecule has 1 N–H and O–H groups in total. The Labute approximate surface area is 118 Å². The summed E-state index contributed by atoms with van der Waals surface area (Å²) in [5, 5.41) is 13.6. The number of aromatic nitrogens is 1. The number of hydrogen-bond donors (Lipinski definition) is 1. The van der Waals surface area contributed by atoms with Gasteiger partial charge in [0.25, 0.3) is 5.69 Å². The van der Waals surface area contributed by atoms with Gasteiger partial charge < -0.3 is 5.32 Å². The second kappa shape index (κ2) is 4.78. The van der Waals surface area contributed by atoms with Gasteiger partial charge in [0.1, 0.15) is 5.69 Å². The molecule has 21 heavy (non-hydrogen) atoms. The lowest BCUT2D eigenvalue weighted by Crippen LogP contribution is -2.25. The molecule has 0 saturated heterocycles. The van der Waals surface area contributed by atoms with E-state index in [2.05, 4.69) is 10.3 Å². The fourth-order valence-electron chi connectivity index (χ4n) is 2.25. The summed E-state index contributed by atoms with van der Waals surface area (Å²) in [4.78, 5) is 37.9. The molecular weight excluding hydrogens is 274 g/mol. The highest BCUT2D eigenvalue weighted by atomic mass is 16.6. The third-order valence-electron chi connectivity index (χ3n) is 3.20. The van der Waals surface area contributed by atoms with Crippen LogP contribution in [0.3, 0.4) is 0 Å². The zero-order chi connectivity index (χ0) is 15.0. The molecule has 1 aliphatic rings. The van der Waals surface area contributed by atoms with E-state index >= 15 is 0 Å². The molecule has 104 valence electrons. The minimum absolute atomic E-state index is 0.0334. The fraction of sp³-hybridized carbons (Fsp3) is 0.0714. The highest BCUT2D eigenvalue weighted by Gasteiger charge is 2.30. The minimum Gasteiger partial charge on any atom is -0.319 e. The van der Waals surface area contributed by atoms with Gasteiger partial charge in [0.05, 0.1) is 11.3 Å². The maximum absolute atomic E-state index is 12.0. The summed E-state index contributed by atoms with van der Waals surface area (Å²) in [6, 6.07) is 6.31. The van der Waals surface area contributed by atoms with Crippen molar-refractivity contribution in [2.75, 3.05) is 5.32 Å². The van der Waals surface area contributed by atoms with Crippen molar-refractivity contribution in [3.63, 3.8) is 0 Å². The number of nitro groups is 1. The topological polar surface area (TPSA) is 102 Å². The van der Waals surface area contributed by atoms with E-state index in [4.69, 9.17) is 0 Å². The molecule has 0 unspecified atom stereocenters. The Morgan fingerprint density at radius 1 is 1.24 bits per heavy atom. The van der Waals surface area contributed by atoms with Crippen LogP contribution >= 0.6 is 0 Å². The quantitative estimate of drug-likeness (QED) is 0.517. The Bertz CT molecular complexity index is 754. The third kappa shape index (κ3) is 2.25. The van der Waals surface area contributed by atoms with Crippen LogP contribution in [0.4, 0.5) is 11.4 Å². The first-order valence-electron chi connectivity index (χ1n) is 6.12. The van der Waals surface area contributed by atoms with E-state index in [-0.39, 0.29) is 23.4 Å². The molecule has 0 spiro atoms. The number of benzene rings is 1. The van der Waals surface area contributed by atoms with Crippen LogP contribution in [0.5, 0.6) is 0 Å². The summed E-state index contributed by atoms with van der Waals surface area (Å²) in [7, 11) is 0. The van der Waals surface area contributed by atoms with E-state index in [0.717, 1.165) is 0 Å². The zero-order valence-corrected chi connectivity index (χ0v) is 10.7. The van der Waals surface area contributed by atoms with Crippen molar-refractivity contribution in [1.82, 2.24) is 4.98 Å². The highest BCUT2D eigenvalue weighted by molar-refractivity contribution is 6.20. The Kier molecular flexibility index (Phi) is 2.94. The van der Waals surface area contributed by atoms with E-state index < -0.39 is 16.6 Å². The van der Waals surface area contributed by atoms with Gasteiger partial charge in [-0.2, -0.15) is 0 Å². The molecule has 0 radical (unpaired) electrons. The van der Waals surface area contributed by atoms with Crippen LogP contribution < -0.4 is 5.32 Å². The van der Waals surface area contributed by atoms with Gasteiger partial charge in [-0.25, -0.2) is 0 Å². The highest BCUT2D eigenvalue weighted by Crippen LogP contribution is 2.36. The summed E-state index contributed by atoms with van der Waals surface area (Å²) < 4.78 is 0. The van der Waals surface area contributed by atoms with Crippen molar-refractivity contribution < 1.29 is 14.5 Å². The van der Waals surface area contributed by atoms with E-state index in [1.165, 1.54) is 6.07 Å². The lowest BCUT2D eigenvalue weighted by molar-refractivity contribution is -0.383. The number of hydrogen-bond acceptors (Lipinski definition) is 5. The number of nitrogens with zero attached hydrogens (tertiary/aromatic N) is 2. The number of carbonyl (C=O) groups is 2. The molecule has 7 nitrogen and oxygen atoms in total. The van der Waals surface area contributed by atoms with Crippen molar-refractivity contribution in [3.8, 4) is 11.1 Å². The molecule has 1 aliphatic heterocycles. The van der Waals surface area contributed by atoms with Gasteiger partial charge >= 0.3 is 0 Å². The molecule has 1 aromatic carbocycles. The average Bonchev–Trinajstić information content (AvgIpc) is 2.47. The average molecular weight is 283 g/mol. The van der Waals surface area contributed by atoms with Crippen LogP contribution in [0.25, 0.3) is 11.1 Å². The first-order chi connectivity index (χ1) is 10.1. The van der Waals surface area contributed by atoms with E-state index in [1.807, 2.05) is 0 Å². The summed E-state index contributed by atoms with van der Waals surface area (Å²) in [6.45, 7) is 0. The summed E-state index contributed by atoms with van der Waals surface area (Å²) >= 11 is 0. The SMILES string of the molecule is O=C1CC(=O)c2cc(-c3cccnc3)cc([N+](=O)[O-])c2N1. The number of nitrogens with one attached hydrogen (secondary N) is 1. The molecule has 0 fully saturated rings. The van der Waals surface area contributed by atoms with Crippen molar-refractivity contribution in [2.45, 2.75) is 6.42 Å². The van der Waals surface area contributed by atoms with E-state index in [1.54, 1.807) is 30.6 Å². The predicted molar refractivity (Wildman–Crippen MR) is 73.9 cm³/mol. The molecule has 7 heteroatoms. The number of rotatable bonds is 2. The number of Topliss-reactive ketones (excluding diaryl/α,β-unsaturated/α-hetero) is 1. The van der Waals surface area contributed by atoms with Crippen LogP contribution in [0, 0.1) is 10.1 Å². The maximum atomic E-state index is 12.0. The van der Waals surface area contributed by atoms with Gasteiger partial charge in [-0.15, -0.1) is 0 Å². The molecule has 0 atom stereocenters. The van der Waals surface area contributed by atoms with Gasteiger partial charge in [-0.1, -0.05) is 6.07 Å². The van der Waals surface area contributed by atoms with Crippen molar-refractivity contribution in [1.29, 1.82) is 0 Å². The summed E-state index contributed by atoms with van der Waals surface area (Å²) in [5.74, 6) is -0.965. The van der Waals surface area contributed by atoms with E-state index in [0.29, 0.717) is 11.1 Å². The number of ketones is 1. The minimum atomic E-state index is -0.614.